The predicted octanol–water partition coefficient (Wildman–Crippen LogP) is 1.46. The molecule has 0 aromatic carbocycles. The molecule has 0 saturated carbocycles. The molecular formula is C9H21NO2. The molecule has 0 saturated heterocycles. The number of hydrogen-bond acceptors (Lipinski definition) is 2. The van der Waals surface area contributed by atoms with Gasteiger partial charge in [-0.15, -0.1) is 0 Å². The van der Waals surface area contributed by atoms with Gasteiger partial charge >= 0.3 is 0 Å². The summed E-state index contributed by atoms with van der Waals surface area (Å²) >= 11 is 0. The van der Waals surface area contributed by atoms with Crippen LogP contribution in [-0.2, 0) is 4.74 Å². The first-order valence-corrected chi connectivity index (χ1v) is 4.09. The van der Waals surface area contributed by atoms with E-state index in [9.17, 15) is 0 Å². The van der Waals surface area contributed by atoms with E-state index in [0.717, 1.165) is 24.1 Å². The molecule has 3 nitrogen and oxygen atoms in total. The summed E-state index contributed by atoms with van der Waals surface area (Å²) in [6.07, 6.45) is 4.77. The Kier molecular flexibility index (Phi) is 8.32. The van der Waals surface area contributed by atoms with Gasteiger partial charge in [-0.3, -0.25) is 0 Å². The summed E-state index contributed by atoms with van der Waals surface area (Å²) in [5, 5.41) is 0. The minimum atomic E-state index is 0. The molecule has 0 aliphatic heterocycles. The van der Waals surface area contributed by atoms with Gasteiger partial charge in [-0.05, 0) is 6.92 Å². The maximum absolute atomic E-state index is 5.19. The first-order chi connectivity index (χ1) is 5.06. The minimum Gasteiger partial charge on any atom is -0.870 e. The minimum absolute atomic E-state index is 0. The van der Waals surface area contributed by atoms with Gasteiger partial charge in [0.25, 0.3) is 0 Å². The zero-order chi connectivity index (χ0) is 8.74. The van der Waals surface area contributed by atoms with Crippen LogP contribution in [-0.4, -0.2) is 44.3 Å². The van der Waals surface area contributed by atoms with Crippen molar-refractivity contribution >= 4 is 0 Å². The fourth-order valence-electron chi connectivity index (χ4n) is 0.786. The van der Waals surface area contributed by atoms with Gasteiger partial charge in [-0.2, -0.15) is 0 Å². The van der Waals surface area contributed by atoms with Gasteiger partial charge in [0.15, 0.2) is 0 Å². The van der Waals surface area contributed by atoms with Crippen LogP contribution in [0, 0.1) is 0 Å². The highest BCUT2D eigenvalue weighted by molar-refractivity contribution is 4.64. The van der Waals surface area contributed by atoms with Crippen molar-refractivity contribution in [3.63, 3.8) is 0 Å². The largest absolute Gasteiger partial charge is 0.870 e. The first-order valence-electron chi connectivity index (χ1n) is 4.09. The normalized spacial score (nSPS) is 11.3. The van der Waals surface area contributed by atoms with Crippen molar-refractivity contribution < 1.29 is 14.7 Å². The Bertz CT molecular complexity index is 116. The zero-order valence-corrected chi connectivity index (χ0v) is 8.58. The third-order valence-corrected chi connectivity index (χ3v) is 1.32. The zero-order valence-electron chi connectivity index (χ0n) is 8.58. The van der Waals surface area contributed by atoms with Crippen molar-refractivity contribution in [2.75, 3.05) is 34.3 Å². The Balaban J connectivity index is 0. The average Bonchev–Trinajstić information content (AvgIpc) is 1.85. The Morgan fingerprint density at radius 3 is 2.25 bits per heavy atom. The van der Waals surface area contributed by atoms with E-state index in [1.165, 1.54) is 0 Å². The van der Waals surface area contributed by atoms with Gasteiger partial charge < -0.3 is 14.7 Å². The van der Waals surface area contributed by atoms with Crippen LogP contribution in [0.25, 0.3) is 0 Å². The van der Waals surface area contributed by atoms with Crippen molar-refractivity contribution in [3.05, 3.63) is 12.3 Å². The van der Waals surface area contributed by atoms with Crippen LogP contribution < -0.4 is 0 Å². The summed E-state index contributed by atoms with van der Waals surface area (Å²) in [5.41, 5.74) is 0. The van der Waals surface area contributed by atoms with Gasteiger partial charge in [0.1, 0.15) is 0 Å². The fourth-order valence-corrected chi connectivity index (χ4v) is 0.786. The number of rotatable bonds is 5. The highest BCUT2D eigenvalue weighted by atomic mass is 16.5. The molecule has 0 aromatic rings. The van der Waals surface area contributed by atoms with Crippen molar-refractivity contribution in [2.24, 2.45) is 0 Å². The molecule has 0 rings (SSSR count). The van der Waals surface area contributed by atoms with Crippen LogP contribution in [0.15, 0.2) is 12.3 Å². The molecule has 3 heteroatoms. The molecule has 0 heterocycles. The molecule has 0 unspecified atom stereocenters. The lowest BCUT2D eigenvalue weighted by Crippen LogP contribution is -2.35. The van der Waals surface area contributed by atoms with Crippen molar-refractivity contribution in [3.8, 4) is 0 Å². The van der Waals surface area contributed by atoms with Crippen LogP contribution >= 0.6 is 0 Å². The Morgan fingerprint density at radius 2 is 1.83 bits per heavy atom. The topological polar surface area (TPSA) is 39.2 Å². The first kappa shape index (κ1) is 14.0. The molecular weight excluding hydrogens is 154 g/mol. The summed E-state index contributed by atoms with van der Waals surface area (Å²) in [6.45, 7) is 3.96. The lowest BCUT2D eigenvalue weighted by atomic mass is 10.4. The predicted molar refractivity (Wildman–Crippen MR) is 50.2 cm³/mol. The molecule has 0 radical (unpaired) electrons. The van der Waals surface area contributed by atoms with Crippen molar-refractivity contribution in [1.29, 1.82) is 0 Å². The maximum atomic E-state index is 5.19. The number of allylic oxidation sites excluding steroid dienone is 1. The van der Waals surface area contributed by atoms with Crippen LogP contribution in [0.2, 0.25) is 0 Å². The molecule has 0 fully saturated rings. The van der Waals surface area contributed by atoms with E-state index in [4.69, 9.17) is 4.74 Å². The molecule has 1 N–H and O–H groups in total. The smallest absolute Gasteiger partial charge is 0.0926 e. The fraction of sp³-hybridized carbons (Fsp3) is 0.778. The molecule has 0 amide bonds. The van der Waals surface area contributed by atoms with E-state index in [1.807, 2.05) is 13.0 Å². The van der Waals surface area contributed by atoms with E-state index < -0.39 is 0 Å². The van der Waals surface area contributed by atoms with Gasteiger partial charge in [-0.1, -0.05) is 6.08 Å². The molecule has 74 valence electrons. The van der Waals surface area contributed by atoms with Crippen LogP contribution in [0.1, 0.15) is 13.3 Å². The lowest BCUT2D eigenvalue weighted by molar-refractivity contribution is -0.870. The Labute approximate surface area is 75.5 Å². The summed E-state index contributed by atoms with van der Waals surface area (Å²) in [4.78, 5) is 0. The highest BCUT2D eigenvalue weighted by Gasteiger charge is 2.04. The molecule has 0 aromatic heterocycles. The molecule has 0 bridgehead atoms. The summed E-state index contributed by atoms with van der Waals surface area (Å²) < 4.78 is 6.20. The Hall–Kier alpha value is -0.540. The van der Waals surface area contributed by atoms with Crippen LogP contribution in [0.3, 0.4) is 0 Å². The lowest BCUT2D eigenvalue weighted by Gasteiger charge is -2.23. The second-order valence-electron chi connectivity index (χ2n) is 3.71. The number of quaternary nitrogens is 1. The van der Waals surface area contributed by atoms with Gasteiger partial charge in [0, 0.05) is 6.42 Å². The third kappa shape index (κ3) is 12.2. The second kappa shape index (κ2) is 7.13. The molecule has 0 atom stereocenters. The number of ether oxygens (including phenoxy) is 1. The summed E-state index contributed by atoms with van der Waals surface area (Å²) in [5.74, 6) is 0. The SMILES string of the molecule is CC=COCCC[N+](C)(C)C.[OH-]. The monoisotopic (exact) mass is 175 g/mol. The van der Waals surface area contributed by atoms with E-state index in [-0.39, 0.29) is 5.48 Å². The third-order valence-electron chi connectivity index (χ3n) is 1.32. The number of hydrogen-bond donors (Lipinski definition) is 0. The standard InChI is InChI=1S/C9H20NO.H2O/c1-5-8-11-9-6-7-10(2,3)4;/h5,8H,6-7,9H2,1-4H3;1H2/q+1;/p-1. The van der Waals surface area contributed by atoms with Gasteiger partial charge in [-0.25, -0.2) is 0 Å². The maximum Gasteiger partial charge on any atom is 0.0926 e. The van der Waals surface area contributed by atoms with E-state index in [2.05, 4.69) is 21.1 Å². The average molecular weight is 175 g/mol. The van der Waals surface area contributed by atoms with E-state index in [0.29, 0.717) is 0 Å². The molecule has 0 aliphatic carbocycles. The van der Waals surface area contributed by atoms with Crippen LogP contribution in [0.5, 0.6) is 0 Å². The molecule has 0 aliphatic rings. The second-order valence-corrected chi connectivity index (χ2v) is 3.71. The van der Waals surface area contributed by atoms with E-state index >= 15 is 0 Å². The van der Waals surface area contributed by atoms with Gasteiger partial charge in [0.05, 0.1) is 40.6 Å². The quantitative estimate of drug-likeness (QED) is 0.360. The summed E-state index contributed by atoms with van der Waals surface area (Å²) in [7, 11) is 6.57. The van der Waals surface area contributed by atoms with Crippen LogP contribution in [0.4, 0.5) is 0 Å². The van der Waals surface area contributed by atoms with Gasteiger partial charge in [0.2, 0.25) is 0 Å². The molecule has 0 spiro atoms. The molecule has 12 heavy (non-hydrogen) atoms. The summed E-state index contributed by atoms with van der Waals surface area (Å²) in [6, 6.07) is 0. The highest BCUT2D eigenvalue weighted by Crippen LogP contribution is 1.93. The van der Waals surface area contributed by atoms with Crippen molar-refractivity contribution in [2.45, 2.75) is 13.3 Å². The van der Waals surface area contributed by atoms with Crippen molar-refractivity contribution in [1.82, 2.24) is 0 Å². The Morgan fingerprint density at radius 1 is 1.25 bits per heavy atom. The van der Waals surface area contributed by atoms with E-state index in [1.54, 1.807) is 6.26 Å². The number of nitrogens with zero attached hydrogens (tertiary/aromatic N) is 1.